The number of aryl methyl sites for hydroxylation is 2. The zero-order valence-corrected chi connectivity index (χ0v) is 17.4. The van der Waals surface area contributed by atoms with Gasteiger partial charge in [0.05, 0.1) is 19.2 Å². The van der Waals surface area contributed by atoms with Crippen molar-refractivity contribution in [1.82, 2.24) is 4.90 Å². The monoisotopic (exact) mass is 400 g/mol. The molecule has 0 bridgehead atoms. The van der Waals surface area contributed by atoms with E-state index in [2.05, 4.69) is 5.32 Å². The van der Waals surface area contributed by atoms with E-state index in [1.165, 1.54) is 4.90 Å². The number of hydrogen-bond donors (Lipinski definition) is 1. The van der Waals surface area contributed by atoms with E-state index in [9.17, 15) is 9.59 Å². The van der Waals surface area contributed by atoms with E-state index in [0.29, 0.717) is 0 Å². The Morgan fingerprint density at radius 3 is 2.67 bits per heavy atom. The first kappa shape index (κ1) is 19.7. The third kappa shape index (κ3) is 3.92. The van der Waals surface area contributed by atoms with E-state index in [0.717, 1.165) is 44.1 Å². The average Bonchev–Trinajstić information content (AvgIpc) is 3.14. The Morgan fingerprint density at radius 2 is 1.83 bits per heavy atom. The molecule has 0 aliphatic heterocycles. The molecule has 0 aliphatic carbocycles. The smallest absolute Gasteiger partial charge is 0.243 e. The first-order valence-electron chi connectivity index (χ1n) is 9.91. The number of nitrogens with zero attached hydrogens (tertiary/aromatic N) is 1. The Hall–Kier alpha value is -3.60. The fourth-order valence-electron chi connectivity index (χ4n) is 3.67. The number of furan rings is 1. The minimum absolute atomic E-state index is 0.0112. The van der Waals surface area contributed by atoms with Crippen LogP contribution in [0.5, 0.6) is 0 Å². The fraction of sp³-hybridized carbons (Fsp3) is 0.200. The fourth-order valence-corrected chi connectivity index (χ4v) is 3.67. The van der Waals surface area contributed by atoms with Crippen LogP contribution >= 0.6 is 0 Å². The van der Waals surface area contributed by atoms with Gasteiger partial charge in [-0.2, -0.15) is 0 Å². The molecule has 30 heavy (non-hydrogen) atoms. The van der Waals surface area contributed by atoms with Crippen LogP contribution in [0, 0.1) is 13.8 Å². The van der Waals surface area contributed by atoms with Crippen molar-refractivity contribution in [3.8, 4) is 0 Å². The minimum atomic E-state index is -0.220. The number of nitrogens with one attached hydrogen (secondary N) is 1. The molecule has 1 N–H and O–H groups in total. The van der Waals surface area contributed by atoms with Crippen molar-refractivity contribution in [2.75, 3.05) is 18.9 Å². The van der Waals surface area contributed by atoms with Crippen LogP contribution in [0.15, 0.2) is 65.3 Å². The molecular formula is C25H24N2O3. The van der Waals surface area contributed by atoms with Crippen molar-refractivity contribution in [2.24, 2.45) is 0 Å². The zero-order valence-electron chi connectivity index (χ0n) is 17.4. The summed E-state index contributed by atoms with van der Waals surface area (Å²) in [6.45, 7) is 3.91. The van der Waals surface area contributed by atoms with E-state index in [1.54, 1.807) is 13.3 Å². The molecule has 5 heteroatoms. The van der Waals surface area contributed by atoms with E-state index >= 15 is 0 Å². The quantitative estimate of drug-likeness (QED) is 0.521. The Morgan fingerprint density at radius 1 is 1.03 bits per heavy atom. The second-order valence-corrected chi connectivity index (χ2v) is 7.71. The van der Waals surface area contributed by atoms with Gasteiger partial charge in [-0.15, -0.1) is 0 Å². The molecule has 3 aromatic carbocycles. The molecule has 0 fully saturated rings. The molecule has 0 radical (unpaired) electrons. The van der Waals surface area contributed by atoms with Gasteiger partial charge in [0.1, 0.15) is 5.58 Å². The maximum absolute atomic E-state index is 12.8. The molecule has 0 aliphatic rings. The van der Waals surface area contributed by atoms with Gasteiger partial charge in [0.25, 0.3) is 0 Å². The molecule has 2 amide bonds. The second kappa shape index (κ2) is 8.03. The van der Waals surface area contributed by atoms with Gasteiger partial charge >= 0.3 is 0 Å². The van der Waals surface area contributed by atoms with Gasteiger partial charge in [-0.1, -0.05) is 42.5 Å². The van der Waals surface area contributed by atoms with E-state index in [1.807, 2.05) is 68.4 Å². The summed E-state index contributed by atoms with van der Waals surface area (Å²) in [6.07, 6.45) is 1.81. The van der Waals surface area contributed by atoms with Crippen LogP contribution in [0.4, 0.5) is 5.69 Å². The molecule has 5 nitrogen and oxygen atoms in total. The molecule has 0 saturated carbocycles. The van der Waals surface area contributed by atoms with Gasteiger partial charge in [-0.3, -0.25) is 9.59 Å². The summed E-state index contributed by atoms with van der Waals surface area (Å²) >= 11 is 0. The van der Waals surface area contributed by atoms with Crippen molar-refractivity contribution in [1.29, 1.82) is 0 Å². The van der Waals surface area contributed by atoms with Gasteiger partial charge in [-0.25, -0.2) is 0 Å². The molecule has 0 unspecified atom stereocenters. The number of carbonyl (C=O) groups is 2. The highest BCUT2D eigenvalue weighted by atomic mass is 16.3. The largest absolute Gasteiger partial charge is 0.464 e. The van der Waals surface area contributed by atoms with Crippen molar-refractivity contribution in [3.05, 3.63) is 77.6 Å². The Kier molecular flexibility index (Phi) is 5.27. The first-order chi connectivity index (χ1) is 14.4. The third-order valence-corrected chi connectivity index (χ3v) is 5.36. The van der Waals surface area contributed by atoms with E-state index in [4.69, 9.17) is 4.42 Å². The number of hydrogen-bond acceptors (Lipinski definition) is 3. The van der Waals surface area contributed by atoms with Crippen molar-refractivity contribution in [3.63, 3.8) is 0 Å². The van der Waals surface area contributed by atoms with E-state index in [-0.39, 0.29) is 24.8 Å². The number of likely N-dealkylation sites (N-methyl/N-ethyl adjacent to an activating group) is 1. The summed E-state index contributed by atoms with van der Waals surface area (Å²) in [5, 5.41) is 6.01. The molecule has 0 spiro atoms. The molecule has 1 heterocycles. The van der Waals surface area contributed by atoms with Crippen LogP contribution in [-0.2, 0) is 16.0 Å². The standard InChI is InChI=1S/C25H24N2O3/c1-16-8-9-17(2)21(12-16)26-23(28)14-27(3)24(29)13-19-15-30-22-11-10-18-6-4-5-7-20(18)25(19)22/h4-12,15H,13-14H2,1-3H3,(H,26,28). The summed E-state index contributed by atoms with van der Waals surface area (Å²) in [5.74, 6) is -0.358. The Bertz CT molecular complexity index is 1260. The SMILES string of the molecule is Cc1ccc(C)c(NC(=O)CN(C)C(=O)Cc2coc3ccc4ccccc4c23)c1. The maximum atomic E-state index is 12.8. The number of anilines is 1. The highest BCUT2D eigenvalue weighted by molar-refractivity contribution is 6.08. The van der Waals surface area contributed by atoms with Gasteiger partial charge < -0.3 is 14.6 Å². The van der Waals surface area contributed by atoms with Crippen LogP contribution in [0.1, 0.15) is 16.7 Å². The average molecular weight is 400 g/mol. The third-order valence-electron chi connectivity index (χ3n) is 5.36. The van der Waals surface area contributed by atoms with Gasteiger partial charge in [0.2, 0.25) is 11.8 Å². The predicted octanol–water partition coefficient (Wildman–Crippen LogP) is 4.84. The number of rotatable bonds is 5. The molecule has 1 aromatic heterocycles. The molecule has 4 rings (SSSR count). The molecule has 0 atom stereocenters. The van der Waals surface area contributed by atoms with Crippen LogP contribution in [0.2, 0.25) is 0 Å². The minimum Gasteiger partial charge on any atom is -0.464 e. The van der Waals surface area contributed by atoms with Crippen LogP contribution < -0.4 is 5.32 Å². The Labute approximate surface area is 175 Å². The summed E-state index contributed by atoms with van der Waals surface area (Å²) in [7, 11) is 1.64. The summed E-state index contributed by atoms with van der Waals surface area (Å²) < 4.78 is 5.67. The molecule has 0 saturated heterocycles. The predicted molar refractivity (Wildman–Crippen MR) is 120 cm³/mol. The van der Waals surface area contributed by atoms with Gasteiger partial charge in [-0.05, 0) is 47.9 Å². The number of fused-ring (bicyclic) bond motifs is 3. The summed E-state index contributed by atoms with van der Waals surface area (Å²) in [4.78, 5) is 26.7. The van der Waals surface area contributed by atoms with Crippen molar-refractivity contribution < 1.29 is 14.0 Å². The Balaban J connectivity index is 1.48. The van der Waals surface area contributed by atoms with Crippen LogP contribution in [0.3, 0.4) is 0 Å². The lowest BCUT2D eigenvalue weighted by Gasteiger charge is -2.17. The number of carbonyl (C=O) groups excluding carboxylic acids is 2. The maximum Gasteiger partial charge on any atom is 0.243 e. The number of benzene rings is 3. The number of amides is 2. The summed E-state index contributed by atoms with van der Waals surface area (Å²) in [5.41, 5.74) is 4.41. The molecule has 4 aromatic rings. The zero-order chi connectivity index (χ0) is 21.3. The molecular weight excluding hydrogens is 376 g/mol. The highest BCUT2D eigenvalue weighted by Gasteiger charge is 2.18. The van der Waals surface area contributed by atoms with Crippen molar-refractivity contribution in [2.45, 2.75) is 20.3 Å². The topological polar surface area (TPSA) is 62.6 Å². The first-order valence-corrected chi connectivity index (χ1v) is 9.91. The van der Waals surface area contributed by atoms with Crippen molar-refractivity contribution >= 4 is 39.2 Å². The molecule has 152 valence electrons. The second-order valence-electron chi connectivity index (χ2n) is 7.71. The lowest BCUT2D eigenvalue weighted by atomic mass is 10.0. The highest BCUT2D eigenvalue weighted by Crippen LogP contribution is 2.30. The lowest BCUT2D eigenvalue weighted by Crippen LogP contribution is -2.35. The van der Waals surface area contributed by atoms with Crippen LogP contribution in [0.25, 0.3) is 21.7 Å². The van der Waals surface area contributed by atoms with Crippen LogP contribution in [-0.4, -0.2) is 30.3 Å². The van der Waals surface area contributed by atoms with Gasteiger partial charge in [0, 0.05) is 23.7 Å². The van der Waals surface area contributed by atoms with Gasteiger partial charge in [0.15, 0.2) is 0 Å². The van der Waals surface area contributed by atoms with E-state index < -0.39 is 0 Å². The summed E-state index contributed by atoms with van der Waals surface area (Å²) in [6, 6.07) is 17.9. The normalized spacial score (nSPS) is 11.0. The lowest BCUT2D eigenvalue weighted by molar-refractivity contribution is -0.132.